The zero-order valence-corrected chi connectivity index (χ0v) is 23.9. The Morgan fingerprint density at radius 2 is 2.03 bits per heavy atom. The molecule has 3 heterocycles. The summed E-state index contributed by atoms with van der Waals surface area (Å²) in [5.74, 6) is 1.74. The van der Waals surface area contributed by atoms with E-state index >= 15 is 0 Å². The number of aliphatic imine (C=N–C) groups is 1. The number of likely N-dealkylation sites (tertiary alicyclic amines) is 1. The third-order valence-electron chi connectivity index (χ3n) is 8.56. The molecule has 208 valence electrons. The van der Waals surface area contributed by atoms with Crippen LogP contribution >= 0.6 is 11.6 Å². The first-order chi connectivity index (χ1) is 19.0. The molecule has 1 aliphatic carbocycles. The smallest absolute Gasteiger partial charge is 0.245 e. The van der Waals surface area contributed by atoms with Gasteiger partial charge in [0.15, 0.2) is 0 Å². The summed E-state index contributed by atoms with van der Waals surface area (Å²) < 4.78 is 2.17. The number of piperidine rings is 1. The van der Waals surface area contributed by atoms with Crippen LogP contribution in [0.15, 0.2) is 65.4 Å². The van der Waals surface area contributed by atoms with Crippen LogP contribution in [-0.2, 0) is 11.8 Å². The molecule has 2 atom stereocenters. The number of hydrogen-bond acceptors (Lipinski definition) is 3. The van der Waals surface area contributed by atoms with Crippen LogP contribution in [-0.4, -0.2) is 52.9 Å². The molecular formula is C32H42ClN5O. The molecule has 0 spiro atoms. The highest BCUT2D eigenvalue weighted by Gasteiger charge is 2.25. The molecule has 3 aliphatic rings. The maximum absolute atomic E-state index is 11.8. The molecule has 1 aromatic carbocycles. The van der Waals surface area contributed by atoms with E-state index in [9.17, 15) is 4.79 Å². The molecule has 1 aromatic heterocycles. The van der Waals surface area contributed by atoms with E-state index in [0.717, 1.165) is 81.0 Å². The summed E-state index contributed by atoms with van der Waals surface area (Å²) in [7, 11) is 2.09. The number of hydrogen-bond donors (Lipinski definition) is 2. The van der Waals surface area contributed by atoms with Crippen molar-refractivity contribution in [3.05, 3.63) is 66.0 Å². The first-order valence-corrected chi connectivity index (χ1v) is 15.0. The molecular weight excluding hydrogens is 506 g/mol. The number of aromatic nitrogens is 1. The molecule has 0 unspecified atom stereocenters. The second-order valence-corrected chi connectivity index (χ2v) is 11.7. The molecule has 2 aliphatic heterocycles. The monoisotopic (exact) mass is 547 g/mol. The Labute approximate surface area is 237 Å². The van der Waals surface area contributed by atoms with Crippen LogP contribution in [0.25, 0.3) is 16.5 Å². The highest BCUT2D eigenvalue weighted by molar-refractivity contribution is 6.37. The minimum absolute atomic E-state index is 0.0610. The van der Waals surface area contributed by atoms with Gasteiger partial charge in [-0.05, 0) is 81.5 Å². The van der Waals surface area contributed by atoms with E-state index in [0.29, 0.717) is 18.0 Å². The van der Waals surface area contributed by atoms with Crippen molar-refractivity contribution in [2.24, 2.45) is 18.0 Å². The number of rotatable bonds is 6. The number of aryl methyl sites for hydroxylation is 1. The van der Waals surface area contributed by atoms with Gasteiger partial charge >= 0.3 is 0 Å². The van der Waals surface area contributed by atoms with Gasteiger partial charge in [-0.1, -0.05) is 42.5 Å². The van der Waals surface area contributed by atoms with Crippen molar-refractivity contribution in [3.63, 3.8) is 0 Å². The highest BCUT2D eigenvalue weighted by Crippen LogP contribution is 2.34. The molecule has 1 saturated carbocycles. The first-order valence-electron chi connectivity index (χ1n) is 14.6. The number of fused-ring (bicyclic) bond motifs is 1. The van der Waals surface area contributed by atoms with Crippen LogP contribution in [0.2, 0.25) is 0 Å². The van der Waals surface area contributed by atoms with Gasteiger partial charge in [-0.2, -0.15) is 0 Å². The summed E-state index contributed by atoms with van der Waals surface area (Å²) in [6.07, 6.45) is 17.5. The number of nitrogens with zero attached hydrogens (tertiary/aromatic N) is 3. The maximum Gasteiger partial charge on any atom is 0.245 e. The molecule has 2 N–H and O–H groups in total. The van der Waals surface area contributed by atoms with E-state index in [1.165, 1.54) is 35.4 Å². The minimum Gasteiger partial charge on any atom is -0.350 e. The fraction of sp³-hybridized carbons (Fsp3) is 0.500. The average molecular weight is 548 g/mol. The lowest BCUT2D eigenvalue weighted by atomic mass is 9.90. The van der Waals surface area contributed by atoms with Crippen LogP contribution < -0.4 is 10.6 Å². The van der Waals surface area contributed by atoms with Gasteiger partial charge < -0.3 is 20.1 Å². The summed E-state index contributed by atoms with van der Waals surface area (Å²) in [6, 6.07) is 9.33. The Morgan fingerprint density at radius 3 is 2.85 bits per heavy atom. The van der Waals surface area contributed by atoms with E-state index in [4.69, 9.17) is 16.6 Å². The number of para-hydroxylation sites is 1. The van der Waals surface area contributed by atoms with Crippen LogP contribution in [0.4, 0.5) is 0 Å². The molecule has 0 radical (unpaired) electrons. The normalized spacial score (nSPS) is 27.0. The van der Waals surface area contributed by atoms with Crippen LogP contribution in [0.5, 0.6) is 0 Å². The number of carbonyl (C=O) groups excluding carboxylic acids is 1. The zero-order valence-electron chi connectivity index (χ0n) is 23.2. The SMILES string of the molecule is C=CC(=O)N1CCC(CN[C@H]2CCC[C@@H](N=C3CCC/C=C(c4cn(C)c5ccccc45)\C(Cl)=C/N3)C2)CC1. The lowest BCUT2D eigenvalue weighted by Crippen LogP contribution is -2.43. The van der Waals surface area contributed by atoms with E-state index < -0.39 is 0 Å². The van der Waals surface area contributed by atoms with Crippen molar-refractivity contribution in [1.82, 2.24) is 20.1 Å². The van der Waals surface area contributed by atoms with Crippen molar-refractivity contribution in [3.8, 4) is 0 Å². The van der Waals surface area contributed by atoms with E-state index in [1.807, 2.05) is 11.1 Å². The Kier molecular flexibility index (Phi) is 9.25. The second-order valence-electron chi connectivity index (χ2n) is 11.3. The van der Waals surface area contributed by atoms with Crippen LogP contribution in [0.1, 0.15) is 63.4 Å². The number of halogens is 1. The lowest BCUT2D eigenvalue weighted by Gasteiger charge is -2.34. The molecule has 2 aromatic rings. The van der Waals surface area contributed by atoms with E-state index in [2.05, 4.69) is 65.4 Å². The topological polar surface area (TPSA) is 61.7 Å². The summed E-state index contributed by atoms with van der Waals surface area (Å²) in [6.45, 7) is 6.33. The number of amidine groups is 1. The number of benzene rings is 1. The summed E-state index contributed by atoms with van der Waals surface area (Å²) >= 11 is 6.89. The van der Waals surface area contributed by atoms with Crippen molar-refractivity contribution in [1.29, 1.82) is 0 Å². The quantitative estimate of drug-likeness (QED) is 0.427. The molecule has 39 heavy (non-hydrogen) atoms. The Bertz CT molecular complexity index is 1270. The largest absolute Gasteiger partial charge is 0.350 e. The van der Waals surface area contributed by atoms with Gasteiger partial charge in [0, 0.05) is 61.5 Å². The van der Waals surface area contributed by atoms with Crippen LogP contribution in [0, 0.1) is 5.92 Å². The molecule has 6 nitrogen and oxygen atoms in total. The molecule has 0 bridgehead atoms. The van der Waals surface area contributed by atoms with Gasteiger partial charge in [0.1, 0.15) is 5.84 Å². The van der Waals surface area contributed by atoms with Crippen molar-refractivity contribution in [2.45, 2.75) is 69.9 Å². The van der Waals surface area contributed by atoms with E-state index in [-0.39, 0.29) is 5.91 Å². The Balaban J connectivity index is 1.18. The van der Waals surface area contributed by atoms with Crippen molar-refractivity contribution < 1.29 is 4.79 Å². The zero-order chi connectivity index (χ0) is 27.2. The second kappa shape index (κ2) is 13.0. The fourth-order valence-electron chi connectivity index (χ4n) is 6.31. The number of allylic oxidation sites excluding steroid dienone is 3. The maximum atomic E-state index is 11.8. The summed E-state index contributed by atoms with van der Waals surface area (Å²) in [5.41, 5.74) is 3.47. The predicted molar refractivity (Wildman–Crippen MR) is 163 cm³/mol. The van der Waals surface area contributed by atoms with Crippen LogP contribution in [0.3, 0.4) is 0 Å². The van der Waals surface area contributed by atoms with Gasteiger partial charge in [0.25, 0.3) is 0 Å². The van der Waals surface area contributed by atoms with Gasteiger partial charge in [-0.25, -0.2) is 0 Å². The van der Waals surface area contributed by atoms with E-state index in [1.54, 1.807) is 0 Å². The lowest BCUT2D eigenvalue weighted by molar-refractivity contribution is -0.127. The first kappa shape index (κ1) is 27.7. The average Bonchev–Trinajstić information content (AvgIpc) is 3.33. The fourth-order valence-corrected chi connectivity index (χ4v) is 6.55. The predicted octanol–water partition coefficient (Wildman–Crippen LogP) is 6.14. The number of amides is 1. The summed E-state index contributed by atoms with van der Waals surface area (Å²) in [4.78, 5) is 19.0. The third kappa shape index (κ3) is 6.85. The number of carbonyl (C=O) groups is 1. The number of nitrogens with one attached hydrogen (secondary N) is 2. The van der Waals surface area contributed by atoms with Gasteiger partial charge in [-0.3, -0.25) is 9.79 Å². The third-order valence-corrected chi connectivity index (χ3v) is 8.87. The van der Waals surface area contributed by atoms with Gasteiger partial charge in [-0.15, -0.1) is 0 Å². The minimum atomic E-state index is 0.0610. The van der Waals surface area contributed by atoms with Crippen molar-refractivity contribution in [2.75, 3.05) is 19.6 Å². The molecule has 1 saturated heterocycles. The standard InChI is InChI=1S/C32H42ClN5O/c1-3-32(39)38-17-15-23(16-18-38)20-34-24-9-8-10-25(19-24)36-31-14-7-5-11-26(29(33)21-35-31)28-22-37(2)30-13-6-4-12-27(28)30/h3-4,6,11-13,21-25,34H,1,5,7-10,14-20H2,2H3,(H,35,36)/b26-11-,29-21+/t24-,25+/m0/s1. The highest BCUT2D eigenvalue weighted by atomic mass is 35.5. The summed E-state index contributed by atoms with van der Waals surface area (Å²) in [5, 5.41) is 9.27. The molecule has 1 amide bonds. The van der Waals surface area contributed by atoms with Gasteiger partial charge in [0.2, 0.25) is 5.91 Å². The van der Waals surface area contributed by atoms with Crippen molar-refractivity contribution >= 4 is 39.8 Å². The Morgan fingerprint density at radius 1 is 1.21 bits per heavy atom. The molecule has 5 rings (SSSR count). The molecule has 7 heteroatoms. The Hall–Kier alpha value is -2.83. The molecule has 2 fully saturated rings. The van der Waals surface area contributed by atoms with Gasteiger partial charge in [0.05, 0.1) is 11.1 Å².